The molecule has 8 aliphatic heterocycles. The molecule has 0 spiro atoms. The number of para-hydroxylation sites is 1. The number of fused-ring (bicyclic) bond motifs is 5. The maximum atomic E-state index is 13.6. The summed E-state index contributed by atoms with van der Waals surface area (Å²) in [5, 5.41) is 25.3. The number of hydrogen-bond acceptors (Lipinski definition) is 13. The molecule has 15 nitrogen and oxygen atoms in total. The van der Waals surface area contributed by atoms with Gasteiger partial charge in [0.15, 0.2) is 5.82 Å². The molecule has 6 fully saturated rings. The lowest BCUT2D eigenvalue weighted by Crippen LogP contribution is -2.60. The number of morpholine rings is 1. The Balaban J connectivity index is 0.783. The second kappa shape index (κ2) is 13.2. The summed E-state index contributed by atoms with van der Waals surface area (Å²) in [5.74, 6) is 0.144. The van der Waals surface area contributed by atoms with Crippen molar-refractivity contribution in [3.05, 3.63) is 59.7 Å². The van der Waals surface area contributed by atoms with Gasteiger partial charge in [-0.3, -0.25) is 39.2 Å². The van der Waals surface area contributed by atoms with Crippen LogP contribution in [0, 0.1) is 11.8 Å². The fourth-order valence-corrected chi connectivity index (χ4v) is 11.9. The predicted molar refractivity (Wildman–Crippen MR) is 209 cm³/mol. The number of ether oxygens (including phenoxy) is 1. The van der Waals surface area contributed by atoms with Crippen LogP contribution in [-0.2, 0) is 14.3 Å². The van der Waals surface area contributed by atoms with E-state index in [1.807, 2.05) is 30.3 Å². The van der Waals surface area contributed by atoms with Crippen molar-refractivity contribution in [1.82, 2.24) is 30.2 Å². The largest absolute Gasteiger partial charge is 0.507 e. The van der Waals surface area contributed by atoms with Gasteiger partial charge in [0.05, 0.1) is 41.3 Å². The van der Waals surface area contributed by atoms with Gasteiger partial charge in [-0.05, 0) is 80.3 Å². The molecule has 11 rings (SSSR count). The third-order valence-electron chi connectivity index (χ3n) is 14.5. The summed E-state index contributed by atoms with van der Waals surface area (Å²) in [6.07, 6.45) is 4.83. The van der Waals surface area contributed by atoms with E-state index in [1.165, 1.54) is 0 Å². The maximum Gasteiger partial charge on any atom is 0.262 e. The first-order valence-electron chi connectivity index (χ1n) is 20.6. The van der Waals surface area contributed by atoms with Crippen LogP contribution in [0.1, 0.15) is 59.2 Å². The number of phenolic OH excluding ortho intramolecular Hbond substituents is 1. The van der Waals surface area contributed by atoms with Crippen LogP contribution in [0.15, 0.2) is 48.5 Å². The molecule has 9 heterocycles. The second-order valence-corrected chi connectivity index (χ2v) is 17.3. The van der Waals surface area contributed by atoms with Crippen LogP contribution >= 0.6 is 0 Å². The SMILES string of the molecule is O=C1CCC(N2C(=O)c3ccc(N4CCC(C56CC7CN5C(CO7)CC6CN5CCN6c7cc(-c8ccccc8O)nnc7NC[C@H]6C5)CC4)cc3C2=O)C(=O)N1. The van der Waals surface area contributed by atoms with Crippen molar-refractivity contribution < 1.29 is 29.0 Å². The van der Waals surface area contributed by atoms with E-state index in [0.717, 1.165) is 107 Å². The number of hydrogen-bond donors (Lipinski definition) is 3. The van der Waals surface area contributed by atoms with E-state index >= 15 is 0 Å². The minimum Gasteiger partial charge on any atom is -0.507 e. The molecule has 3 aromatic rings. The number of imide groups is 2. The molecule has 8 aliphatic rings. The van der Waals surface area contributed by atoms with Crippen molar-refractivity contribution in [2.24, 2.45) is 11.8 Å². The van der Waals surface area contributed by atoms with Crippen molar-refractivity contribution >= 4 is 40.8 Å². The number of anilines is 3. The van der Waals surface area contributed by atoms with Crippen LogP contribution in [0.4, 0.5) is 17.2 Å². The topological polar surface area (TPSA) is 164 Å². The number of carbonyl (C=O) groups is 4. The van der Waals surface area contributed by atoms with Gasteiger partial charge in [-0.1, -0.05) is 12.1 Å². The Hall–Kier alpha value is -5.12. The fraction of sp³-hybridized carbons (Fsp3) is 0.524. The second-order valence-electron chi connectivity index (χ2n) is 17.3. The number of aromatic hydroxyl groups is 1. The highest BCUT2D eigenvalue weighted by Gasteiger charge is 2.63. The van der Waals surface area contributed by atoms with Gasteiger partial charge in [0.1, 0.15) is 11.8 Å². The van der Waals surface area contributed by atoms with Gasteiger partial charge in [-0.15, -0.1) is 10.2 Å². The molecule has 5 unspecified atom stereocenters. The molecule has 0 aliphatic carbocycles. The molecule has 6 atom stereocenters. The lowest BCUT2D eigenvalue weighted by atomic mass is 9.68. The Morgan fingerprint density at radius 2 is 1.72 bits per heavy atom. The quantitative estimate of drug-likeness (QED) is 0.313. The number of nitrogens with zero attached hydrogens (tertiary/aromatic N) is 7. The Morgan fingerprint density at radius 3 is 2.56 bits per heavy atom. The van der Waals surface area contributed by atoms with Gasteiger partial charge in [0, 0.05) is 81.6 Å². The van der Waals surface area contributed by atoms with E-state index in [9.17, 15) is 24.3 Å². The van der Waals surface area contributed by atoms with Crippen LogP contribution in [-0.4, -0.2) is 142 Å². The van der Waals surface area contributed by atoms with Crippen LogP contribution in [0.5, 0.6) is 5.75 Å². The number of piperidine rings is 2. The molecule has 2 aromatic carbocycles. The van der Waals surface area contributed by atoms with E-state index in [0.29, 0.717) is 46.3 Å². The van der Waals surface area contributed by atoms with E-state index in [-0.39, 0.29) is 36.1 Å². The molecule has 296 valence electrons. The zero-order valence-corrected chi connectivity index (χ0v) is 31.8. The fourth-order valence-electron chi connectivity index (χ4n) is 11.9. The summed E-state index contributed by atoms with van der Waals surface area (Å²) in [5.41, 5.74) is 4.06. The molecule has 57 heavy (non-hydrogen) atoms. The van der Waals surface area contributed by atoms with Gasteiger partial charge < -0.3 is 25.0 Å². The third-order valence-corrected chi connectivity index (χ3v) is 14.5. The number of benzene rings is 2. The first-order valence-corrected chi connectivity index (χ1v) is 20.6. The number of aromatic nitrogens is 2. The monoisotopic (exact) mass is 773 g/mol. The van der Waals surface area contributed by atoms with E-state index in [4.69, 9.17) is 4.74 Å². The van der Waals surface area contributed by atoms with Crippen LogP contribution < -0.4 is 20.4 Å². The number of nitrogens with one attached hydrogen (secondary N) is 2. The molecule has 0 saturated carbocycles. The summed E-state index contributed by atoms with van der Waals surface area (Å²) in [4.78, 5) is 62.6. The van der Waals surface area contributed by atoms with Crippen LogP contribution in [0.3, 0.4) is 0 Å². The minimum atomic E-state index is -0.972. The van der Waals surface area contributed by atoms with Gasteiger partial charge in [0.25, 0.3) is 11.8 Å². The Labute approximate surface area is 330 Å². The summed E-state index contributed by atoms with van der Waals surface area (Å²) in [6, 6.07) is 14.6. The molecule has 1 aromatic heterocycles. The number of rotatable bonds is 6. The predicted octanol–water partition coefficient (Wildman–Crippen LogP) is 2.31. The molecule has 15 heteroatoms. The zero-order chi connectivity index (χ0) is 38.6. The summed E-state index contributed by atoms with van der Waals surface area (Å²) in [7, 11) is 0. The average molecular weight is 774 g/mol. The van der Waals surface area contributed by atoms with Gasteiger partial charge in [-0.2, -0.15) is 0 Å². The summed E-state index contributed by atoms with van der Waals surface area (Å²) in [6.45, 7) is 8.28. The number of phenols is 1. The Bertz CT molecular complexity index is 2190. The average Bonchev–Trinajstić information content (AvgIpc) is 3.80. The normalized spacial score (nSPS) is 31.3. The molecule has 4 amide bonds. The van der Waals surface area contributed by atoms with Crippen molar-refractivity contribution in [2.45, 2.75) is 68.3 Å². The first kappa shape index (κ1) is 35.1. The Kier molecular flexibility index (Phi) is 8.13. The zero-order valence-electron chi connectivity index (χ0n) is 31.8. The summed E-state index contributed by atoms with van der Waals surface area (Å²) < 4.78 is 6.41. The standard InChI is InChI=1S/C42H47N9O6/c52-36-4-2-1-3-31(36)33-17-35-38(46-45-33)43-19-28-21-47(13-14-49(28)35)20-25-15-27-23-57-29-18-42(25,50(27)22-29)24-9-11-48(12-10-24)26-5-6-30-32(16-26)41(56)51(40(30)55)34-7-8-37(53)44-39(34)54/h1-6,16-17,24-25,27-29,34,52H,7-15,18-23H2,(H,43,46)(H,44,53,54)/t25?,27?,28-,29?,34?,42?/m0/s1. The van der Waals surface area contributed by atoms with Gasteiger partial charge in [0.2, 0.25) is 11.8 Å². The molecule has 6 saturated heterocycles. The van der Waals surface area contributed by atoms with Crippen molar-refractivity contribution in [1.29, 1.82) is 0 Å². The molecular formula is C42H47N9O6. The van der Waals surface area contributed by atoms with Crippen LogP contribution in [0.2, 0.25) is 0 Å². The smallest absolute Gasteiger partial charge is 0.262 e. The lowest BCUT2D eigenvalue weighted by molar-refractivity contribution is -0.136. The summed E-state index contributed by atoms with van der Waals surface area (Å²) >= 11 is 0. The van der Waals surface area contributed by atoms with Crippen LogP contribution in [0.25, 0.3) is 11.3 Å². The highest BCUT2D eigenvalue weighted by atomic mass is 16.5. The lowest BCUT2D eigenvalue weighted by Gasteiger charge is -2.50. The third kappa shape index (κ3) is 5.48. The van der Waals surface area contributed by atoms with Crippen molar-refractivity contribution in [3.63, 3.8) is 0 Å². The maximum absolute atomic E-state index is 13.6. The van der Waals surface area contributed by atoms with Crippen molar-refractivity contribution in [2.75, 3.05) is 74.1 Å². The molecule has 0 radical (unpaired) electrons. The minimum absolute atomic E-state index is 0.0947. The van der Waals surface area contributed by atoms with E-state index in [2.05, 4.69) is 46.5 Å². The van der Waals surface area contributed by atoms with Crippen molar-refractivity contribution in [3.8, 4) is 17.0 Å². The number of piperazine rings is 1. The van der Waals surface area contributed by atoms with Gasteiger partial charge >= 0.3 is 0 Å². The number of carbonyl (C=O) groups excluding carboxylic acids is 4. The molecular weight excluding hydrogens is 727 g/mol. The highest BCUT2D eigenvalue weighted by Crippen LogP contribution is 2.56. The molecule has 3 N–H and O–H groups in total. The number of amides is 4. The van der Waals surface area contributed by atoms with Gasteiger partial charge in [-0.25, -0.2) is 0 Å². The highest BCUT2D eigenvalue weighted by molar-refractivity contribution is 6.23. The first-order chi connectivity index (χ1) is 27.7. The Morgan fingerprint density at radius 1 is 0.877 bits per heavy atom. The van der Waals surface area contributed by atoms with E-state index in [1.54, 1.807) is 12.1 Å². The van der Waals surface area contributed by atoms with E-state index < -0.39 is 23.8 Å². The molecule has 2 bridgehead atoms.